The Hall–Kier alpha value is -2.02. The molecule has 0 bridgehead atoms. The number of fused-ring (bicyclic) bond motifs is 2. The lowest BCUT2D eigenvalue weighted by molar-refractivity contribution is 0.383. The van der Waals surface area contributed by atoms with Gasteiger partial charge in [0.1, 0.15) is 4.90 Å². The van der Waals surface area contributed by atoms with Gasteiger partial charge in [-0.2, -0.15) is 4.31 Å². The summed E-state index contributed by atoms with van der Waals surface area (Å²) >= 11 is 0. The first kappa shape index (κ1) is 19.3. The highest BCUT2D eigenvalue weighted by atomic mass is 32.2. The van der Waals surface area contributed by atoms with Gasteiger partial charge in [0.25, 0.3) is 0 Å². The molecule has 0 N–H and O–H groups in total. The molecule has 1 atom stereocenters. The van der Waals surface area contributed by atoms with Gasteiger partial charge < -0.3 is 0 Å². The van der Waals surface area contributed by atoms with E-state index in [1.165, 1.54) is 5.56 Å². The van der Waals surface area contributed by atoms with Crippen LogP contribution in [0.2, 0.25) is 12.1 Å². The van der Waals surface area contributed by atoms with Crippen LogP contribution < -0.4 is 0 Å². The van der Waals surface area contributed by atoms with E-state index in [-0.39, 0.29) is 0 Å². The highest BCUT2D eigenvalue weighted by molar-refractivity contribution is 7.89. The van der Waals surface area contributed by atoms with Gasteiger partial charge in [0.15, 0.2) is 0 Å². The largest absolute Gasteiger partial charge is 0.255 e. The summed E-state index contributed by atoms with van der Waals surface area (Å²) in [6.45, 7) is 5.48. The molecule has 4 rings (SSSR count). The number of benzene rings is 2. The molecule has 6 heteroatoms. The van der Waals surface area contributed by atoms with E-state index in [4.69, 9.17) is 0 Å². The van der Waals surface area contributed by atoms with Crippen LogP contribution in [-0.4, -0.2) is 33.0 Å². The van der Waals surface area contributed by atoms with Crippen molar-refractivity contribution in [1.29, 1.82) is 0 Å². The number of aromatic nitrogens is 1. The lowest BCUT2D eigenvalue weighted by Crippen LogP contribution is -2.42. The summed E-state index contributed by atoms with van der Waals surface area (Å²) in [6, 6.07) is 19.8. The first-order valence-corrected chi connectivity index (χ1v) is 13.3. The third-order valence-corrected chi connectivity index (χ3v) is 10.9. The van der Waals surface area contributed by atoms with Crippen molar-refractivity contribution in [3.05, 3.63) is 71.9 Å². The van der Waals surface area contributed by atoms with Crippen LogP contribution in [0.1, 0.15) is 30.5 Å². The first-order chi connectivity index (χ1) is 13.6. The lowest BCUT2D eigenvalue weighted by atomic mass is 10.0. The van der Waals surface area contributed by atoms with Gasteiger partial charge in [0.05, 0.1) is 14.3 Å². The number of hydrogen-bond acceptors (Lipinski definition) is 3. The van der Waals surface area contributed by atoms with Crippen LogP contribution in [0.4, 0.5) is 0 Å². The van der Waals surface area contributed by atoms with Crippen molar-refractivity contribution in [2.45, 2.75) is 42.9 Å². The Labute approximate surface area is 168 Å². The van der Waals surface area contributed by atoms with Crippen LogP contribution >= 0.6 is 0 Å². The second-order valence-corrected chi connectivity index (χ2v) is 12.6. The molecule has 1 aliphatic rings. The molecule has 145 valence electrons. The van der Waals surface area contributed by atoms with E-state index in [0.717, 1.165) is 23.0 Å². The predicted molar refractivity (Wildman–Crippen MR) is 115 cm³/mol. The van der Waals surface area contributed by atoms with Crippen LogP contribution in [0.25, 0.3) is 10.9 Å². The number of rotatable bonds is 5. The lowest BCUT2D eigenvalue weighted by Gasteiger charge is -2.37. The van der Waals surface area contributed by atoms with Gasteiger partial charge in [0, 0.05) is 24.7 Å². The maximum Gasteiger partial charge on any atom is 0.245 e. The number of pyridine rings is 1. The van der Waals surface area contributed by atoms with Crippen molar-refractivity contribution in [1.82, 2.24) is 9.29 Å². The van der Waals surface area contributed by atoms with Crippen LogP contribution in [0, 0.1) is 0 Å². The van der Waals surface area contributed by atoms with E-state index in [9.17, 15) is 8.42 Å². The molecule has 1 radical (unpaired) electrons. The van der Waals surface area contributed by atoms with Crippen molar-refractivity contribution in [3.8, 4) is 0 Å². The molecule has 3 aromatic rings. The molecule has 2 heterocycles. The summed E-state index contributed by atoms with van der Waals surface area (Å²) in [5.74, 6) is 0. The van der Waals surface area contributed by atoms with Crippen molar-refractivity contribution < 1.29 is 8.42 Å². The minimum Gasteiger partial charge on any atom is -0.255 e. The molecule has 1 aliphatic heterocycles. The quantitative estimate of drug-likeness (QED) is 0.579. The van der Waals surface area contributed by atoms with E-state index in [1.54, 1.807) is 22.6 Å². The van der Waals surface area contributed by atoms with Crippen LogP contribution in [0.5, 0.6) is 0 Å². The molecular weight excluding hydrogens is 384 g/mol. The smallest absolute Gasteiger partial charge is 0.245 e. The Morgan fingerprint density at radius 3 is 2.57 bits per heavy atom. The Balaban J connectivity index is 1.80. The predicted octanol–water partition coefficient (Wildman–Crippen LogP) is 4.60. The average Bonchev–Trinajstić information content (AvgIpc) is 2.74. The third kappa shape index (κ3) is 3.30. The summed E-state index contributed by atoms with van der Waals surface area (Å²) in [4.78, 5) is 4.68. The maximum absolute atomic E-state index is 13.7. The molecule has 0 unspecified atom stereocenters. The summed E-state index contributed by atoms with van der Waals surface area (Å²) in [5.41, 5.74) is 3.36. The molecule has 28 heavy (non-hydrogen) atoms. The molecule has 0 saturated carbocycles. The maximum atomic E-state index is 13.7. The van der Waals surface area contributed by atoms with E-state index < -0.39 is 18.8 Å². The Kier molecular flexibility index (Phi) is 5.36. The van der Waals surface area contributed by atoms with Crippen LogP contribution in [0.15, 0.2) is 65.7 Å². The number of sulfonamides is 1. The molecule has 0 fully saturated rings. The van der Waals surface area contributed by atoms with Crippen molar-refractivity contribution in [2.75, 3.05) is 6.54 Å². The van der Waals surface area contributed by atoms with Gasteiger partial charge in [-0.3, -0.25) is 4.98 Å². The van der Waals surface area contributed by atoms with Gasteiger partial charge in [-0.1, -0.05) is 68.4 Å². The highest BCUT2D eigenvalue weighted by Gasteiger charge is 2.37. The van der Waals surface area contributed by atoms with Gasteiger partial charge in [-0.15, -0.1) is 0 Å². The zero-order valence-corrected chi connectivity index (χ0v) is 18.1. The fourth-order valence-corrected chi connectivity index (χ4v) is 8.69. The molecule has 4 nitrogen and oxygen atoms in total. The summed E-state index contributed by atoms with van der Waals surface area (Å²) in [5, 5.41) is 0.851. The van der Waals surface area contributed by atoms with Crippen molar-refractivity contribution in [3.63, 3.8) is 0 Å². The van der Waals surface area contributed by atoms with Gasteiger partial charge in [-0.25, -0.2) is 8.42 Å². The van der Waals surface area contributed by atoms with E-state index >= 15 is 0 Å². The van der Waals surface area contributed by atoms with Crippen LogP contribution in [-0.2, 0) is 16.6 Å². The molecule has 1 aromatic heterocycles. The summed E-state index contributed by atoms with van der Waals surface area (Å²) in [6.07, 6.45) is 1.66. The van der Waals surface area contributed by atoms with Crippen molar-refractivity contribution in [2.24, 2.45) is 0 Å². The molecule has 2 aromatic carbocycles. The Bertz CT molecular complexity index is 1090. The number of para-hydroxylation sites is 1. The van der Waals surface area contributed by atoms with Crippen LogP contribution in [0.3, 0.4) is 0 Å². The normalized spacial score (nSPS) is 17.8. The molecule has 0 amide bonds. The topological polar surface area (TPSA) is 50.3 Å². The average molecular weight is 410 g/mol. The Morgan fingerprint density at radius 1 is 1.04 bits per heavy atom. The standard InChI is InChI=1S/C22H25N2O2SSi/c1-3-28(4-2)21-16-24(15-18-9-5-6-12-19(18)21)27(25,26)20-13-7-10-17-11-8-14-23-22(17)20/h5-14,21H,3-4,15-16H2,1-2H3/t21-/m1/s1. The molecular formula is C22H25N2O2SSi. The molecule has 0 aliphatic carbocycles. The fourth-order valence-electron chi connectivity index (χ4n) is 4.27. The SMILES string of the molecule is CC[Si](CC)[C@@H]1CN(S(=O)(=O)c2cccc3cccnc23)Cc2ccccc21. The Morgan fingerprint density at radius 2 is 1.79 bits per heavy atom. The van der Waals surface area contributed by atoms with E-state index in [0.29, 0.717) is 29.0 Å². The monoisotopic (exact) mass is 409 g/mol. The third-order valence-electron chi connectivity index (χ3n) is 5.78. The second kappa shape index (κ2) is 7.77. The summed E-state index contributed by atoms with van der Waals surface area (Å²) in [7, 11) is -4.30. The second-order valence-electron chi connectivity index (χ2n) is 7.25. The number of nitrogens with zero attached hydrogens (tertiary/aromatic N) is 2. The molecule has 0 spiro atoms. The van der Waals surface area contributed by atoms with E-state index in [1.807, 2.05) is 24.3 Å². The fraction of sp³-hybridized carbons (Fsp3) is 0.318. The summed E-state index contributed by atoms with van der Waals surface area (Å²) < 4.78 is 29.0. The minimum atomic E-state index is -3.63. The first-order valence-electron chi connectivity index (χ1n) is 9.82. The molecule has 0 saturated heterocycles. The highest BCUT2D eigenvalue weighted by Crippen LogP contribution is 2.36. The number of hydrogen-bond donors (Lipinski definition) is 0. The zero-order valence-electron chi connectivity index (χ0n) is 16.3. The van der Waals surface area contributed by atoms with Crippen molar-refractivity contribution >= 4 is 29.7 Å². The zero-order chi connectivity index (χ0) is 19.7. The van der Waals surface area contributed by atoms with E-state index in [2.05, 4.69) is 37.0 Å². The van der Waals surface area contributed by atoms with Gasteiger partial charge >= 0.3 is 0 Å². The van der Waals surface area contributed by atoms with Gasteiger partial charge in [0.2, 0.25) is 10.0 Å². The minimum absolute atomic E-state index is 0.311. The van der Waals surface area contributed by atoms with Gasteiger partial charge in [-0.05, 0) is 28.8 Å².